The Morgan fingerprint density at radius 1 is 1.16 bits per heavy atom. The third-order valence-corrected chi connectivity index (χ3v) is 6.79. The fourth-order valence-corrected chi connectivity index (χ4v) is 4.27. The Bertz CT molecular complexity index is 1370. The lowest BCUT2D eigenvalue weighted by Crippen LogP contribution is -2.40. The van der Waals surface area contributed by atoms with E-state index in [4.69, 9.17) is 4.74 Å². The molecule has 3 N–H and O–H groups in total. The lowest BCUT2D eigenvalue weighted by Gasteiger charge is -2.27. The summed E-state index contributed by atoms with van der Waals surface area (Å²) in [4.78, 5) is 19.8. The van der Waals surface area contributed by atoms with Crippen molar-refractivity contribution in [2.45, 2.75) is 30.6 Å². The molecule has 196 valence electrons. The Morgan fingerprint density at radius 3 is 2.68 bits per heavy atom. The van der Waals surface area contributed by atoms with Crippen LogP contribution >= 0.6 is 0 Å². The highest BCUT2D eigenvalue weighted by Crippen LogP contribution is 2.32. The van der Waals surface area contributed by atoms with E-state index >= 15 is 0 Å². The van der Waals surface area contributed by atoms with Crippen LogP contribution in [0.4, 0.5) is 13.2 Å². The number of fused-ring (bicyclic) bond motifs is 1. The van der Waals surface area contributed by atoms with Crippen LogP contribution in [0.25, 0.3) is 11.1 Å². The minimum absolute atomic E-state index is 0.105. The van der Waals surface area contributed by atoms with Crippen molar-refractivity contribution in [1.82, 2.24) is 20.0 Å². The highest BCUT2D eigenvalue weighted by Gasteiger charge is 2.47. The molecule has 0 unspecified atom stereocenters. The number of aliphatic hydroxyl groups is 1. The van der Waals surface area contributed by atoms with Crippen molar-refractivity contribution in [3.8, 4) is 16.9 Å². The van der Waals surface area contributed by atoms with Gasteiger partial charge in [0.2, 0.25) is 0 Å². The van der Waals surface area contributed by atoms with Crippen molar-refractivity contribution in [2.24, 2.45) is 0 Å². The molecule has 1 aromatic carbocycles. The third kappa shape index (κ3) is 6.42. The standard InChI is InChI=1S/C24H23F3N4O5S/c25-24(26,27)37(34,35)31-23(33)20-11-16(7-9-30-20)15-4-6-22-17(10-15)3-5-19(36-22)13-29-14-21(32)18-2-1-8-28-12-18/h1-2,4,6-12,19,21,29,32H,3,5,13-14H2,(H,31,33)/t19-,21+/m1/s1. The van der Waals surface area contributed by atoms with E-state index in [1.54, 1.807) is 42.7 Å². The molecule has 0 bridgehead atoms. The Labute approximate surface area is 210 Å². The van der Waals surface area contributed by atoms with Gasteiger partial charge in [0.05, 0.1) is 6.10 Å². The van der Waals surface area contributed by atoms with Crippen molar-refractivity contribution >= 4 is 15.9 Å². The van der Waals surface area contributed by atoms with E-state index < -0.39 is 33.2 Å². The zero-order valence-electron chi connectivity index (χ0n) is 19.3. The van der Waals surface area contributed by atoms with Crippen molar-refractivity contribution in [2.75, 3.05) is 13.1 Å². The summed E-state index contributed by atoms with van der Waals surface area (Å²) in [6.07, 6.45) is 5.08. The zero-order valence-corrected chi connectivity index (χ0v) is 20.1. The van der Waals surface area contributed by atoms with Gasteiger partial charge in [-0.3, -0.25) is 14.8 Å². The maximum absolute atomic E-state index is 12.6. The van der Waals surface area contributed by atoms with Gasteiger partial charge < -0.3 is 15.2 Å². The SMILES string of the molecule is O=C(NS(=O)(=O)C(F)(F)F)c1cc(-c2ccc3c(c2)CC[C@H](CNC[C@H](O)c2cccnc2)O3)ccn1. The molecule has 1 aliphatic heterocycles. The van der Waals surface area contributed by atoms with Gasteiger partial charge in [-0.05, 0) is 59.9 Å². The number of alkyl halides is 3. The number of amides is 1. The molecule has 0 aliphatic carbocycles. The zero-order chi connectivity index (χ0) is 26.6. The third-order valence-electron chi connectivity index (χ3n) is 5.73. The summed E-state index contributed by atoms with van der Waals surface area (Å²) in [7, 11) is -5.84. The number of sulfonamides is 1. The molecule has 3 aromatic rings. The van der Waals surface area contributed by atoms with E-state index in [1.807, 2.05) is 6.07 Å². The topological polar surface area (TPSA) is 131 Å². The number of ether oxygens (including phenoxy) is 1. The van der Waals surface area contributed by atoms with Gasteiger partial charge in [-0.25, -0.2) is 4.72 Å². The summed E-state index contributed by atoms with van der Waals surface area (Å²) in [5.41, 5.74) is -3.33. The number of hydrogen-bond donors (Lipinski definition) is 3. The lowest BCUT2D eigenvalue weighted by atomic mass is 9.97. The van der Waals surface area contributed by atoms with Crippen molar-refractivity contribution in [1.29, 1.82) is 0 Å². The number of nitrogens with zero attached hydrogens (tertiary/aromatic N) is 2. The van der Waals surface area contributed by atoms with Crippen molar-refractivity contribution in [3.05, 3.63) is 77.9 Å². The summed E-state index contributed by atoms with van der Waals surface area (Å²) < 4.78 is 67.2. The van der Waals surface area contributed by atoms with E-state index in [0.29, 0.717) is 42.8 Å². The van der Waals surface area contributed by atoms with Crippen molar-refractivity contribution in [3.63, 3.8) is 0 Å². The quantitative estimate of drug-likeness (QED) is 0.401. The lowest BCUT2D eigenvalue weighted by molar-refractivity contribution is -0.0446. The number of hydrogen-bond acceptors (Lipinski definition) is 8. The van der Waals surface area contributed by atoms with E-state index in [9.17, 15) is 31.5 Å². The van der Waals surface area contributed by atoms with Crippen LogP contribution in [-0.4, -0.2) is 54.1 Å². The van der Waals surface area contributed by atoms with E-state index in [0.717, 1.165) is 15.8 Å². The second-order valence-corrected chi connectivity index (χ2v) is 10.0. The number of aryl methyl sites for hydroxylation is 1. The molecule has 9 nitrogen and oxygen atoms in total. The average molecular weight is 537 g/mol. The molecule has 0 saturated heterocycles. The Balaban J connectivity index is 1.38. The maximum Gasteiger partial charge on any atom is 0.516 e. The van der Waals surface area contributed by atoms with Gasteiger partial charge in [0.15, 0.2) is 0 Å². The van der Waals surface area contributed by atoms with Gasteiger partial charge in [0.1, 0.15) is 17.5 Å². The number of rotatable bonds is 8. The molecule has 4 rings (SSSR count). The average Bonchev–Trinajstić information content (AvgIpc) is 2.88. The molecule has 2 atom stereocenters. The summed E-state index contributed by atoms with van der Waals surface area (Å²) in [5, 5.41) is 13.4. The first kappa shape index (κ1) is 26.5. The van der Waals surface area contributed by atoms with Crippen LogP contribution in [-0.2, 0) is 16.4 Å². The number of nitrogens with one attached hydrogen (secondary N) is 2. The predicted molar refractivity (Wildman–Crippen MR) is 127 cm³/mol. The van der Waals surface area contributed by atoms with Gasteiger partial charge in [-0.15, -0.1) is 0 Å². The first-order valence-corrected chi connectivity index (χ1v) is 12.7. The molecule has 0 saturated carbocycles. The Hall–Kier alpha value is -3.55. The van der Waals surface area contributed by atoms with Crippen LogP contribution in [0.3, 0.4) is 0 Å². The highest BCUT2D eigenvalue weighted by molar-refractivity contribution is 7.90. The minimum Gasteiger partial charge on any atom is -0.489 e. The van der Waals surface area contributed by atoms with Gasteiger partial charge in [0, 0.05) is 37.2 Å². The van der Waals surface area contributed by atoms with Crippen molar-refractivity contribution < 1.29 is 36.2 Å². The number of aromatic nitrogens is 2. The predicted octanol–water partition coefficient (Wildman–Crippen LogP) is 2.74. The van der Waals surface area contributed by atoms with Crippen LogP contribution in [0.5, 0.6) is 5.75 Å². The molecule has 0 spiro atoms. The summed E-state index contributed by atoms with van der Waals surface area (Å²) in [6.45, 7) is 0.877. The number of halogens is 3. The summed E-state index contributed by atoms with van der Waals surface area (Å²) in [6, 6.07) is 11.7. The van der Waals surface area contributed by atoms with Crippen LogP contribution in [0.1, 0.15) is 34.1 Å². The highest BCUT2D eigenvalue weighted by atomic mass is 32.2. The number of carbonyl (C=O) groups excluding carboxylic acids is 1. The first-order chi connectivity index (χ1) is 17.5. The monoisotopic (exact) mass is 536 g/mol. The van der Waals surface area contributed by atoms with Gasteiger partial charge >= 0.3 is 15.5 Å². The molecule has 37 heavy (non-hydrogen) atoms. The van der Waals surface area contributed by atoms with Gasteiger partial charge in [-0.2, -0.15) is 21.6 Å². The normalized spacial score (nSPS) is 16.4. The second kappa shape index (κ2) is 10.8. The molecule has 13 heteroatoms. The van der Waals surface area contributed by atoms with Gasteiger partial charge in [-0.1, -0.05) is 12.1 Å². The number of aliphatic hydroxyl groups excluding tert-OH is 1. The number of carbonyl (C=O) groups is 1. The second-order valence-electron chi connectivity index (χ2n) is 8.37. The molecule has 0 radical (unpaired) electrons. The van der Waals surface area contributed by atoms with Crippen LogP contribution < -0.4 is 14.8 Å². The molecule has 1 aliphatic rings. The number of pyridine rings is 2. The van der Waals surface area contributed by atoms with Crippen LogP contribution in [0.2, 0.25) is 0 Å². The molecule has 1 amide bonds. The minimum atomic E-state index is -5.84. The molecule has 2 aromatic heterocycles. The molecular formula is C24H23F3N4O5S. The fraction of sp³-hybridized carbons (Fsp3) is 0.292. The Kier molecular flexibility index (Phi) is 7.76. The van der Waals surface area contributed by atoms with E-state index in [2.05, 4.69) is 15.3 Å². The smallest absolute Gasteiger partial charge is 0.489 e. The fourth-order valence-electron chi connectivity index (χ4n) is 3.81. The molecule has 3 heterocycles. The summed E-state index contributed by atoms with van der Waals surface area (Å²) in [5.74, 6) is -0.803. The largest absolute Gasteiger partial charge is 0.516 e. The van der Waals surface area contributed by atoms with E-state index in [-0.39, 0.29) is 6.10 Å². The molecule has 0 fully saturated rings. The van der Waals surface area contributed by atoms with E-state index in [1.165, 1.54) is 12.3 Å². The Morgan fingerprint density at radius 2 is 1.95 bits per heavy atom. The maximum atomic E-state index is 12.6. The van der Waals surface area contributed by atoms with Gasteiger partial charge in [0.25, 0.3) is 5.91 Å². The van der Waals surface area contributed by atoms with Crippen LogP contribution in [0, 0.1) is 0 Å². The summed E-state index contributed by atoms with van der Waals surface area (Å²) >= 11 is 0. The first-order valence-electron chi connectivity index (χ1n) is 11.2. The number of benzene rings is 1. The molecular weight excluding hydrogens is 513 g/mol. The van der Waals surface area contributed by atoms with Crippen LogP contribution in [0.15, 0.2) is 61.1 Å².